The first-order chi connectivity index (χ1) is 8.29. The Balaban J connectivity index is 2.57. The summed E-state index contributed by atoms with van der Waals surface area (Å²) in [7, 11) is 1.74. The summed E-state index contributed by atoms with van der Waals surface area (Å²) in [6.07, 6.45) is 8.13. The van der Waals surface area contributed by atoms with E-state index in [1.54, 1.807) is 7.11 Å². The van der Waals surface area contributed by atoms with E-state index in [0.29, 0.717) is 0 Å². The predicted octanol–water partition coefficient (Wildman–Crippen LogP) is 1.98. The molecule has 3 N–H and O–H groups in total. The van der Waals surface area contributed by atoms with E-state index >= 15 is 0 Å². The van der Waals surface area contributed by atoms with Crippen molar-refractivity contribution in [2.45, 2.75) is 63.5 Å². The molecule has 1 fully saturated rings. The van der Waals surface area contributed by atoms with E-state index in [4.69, 9.17) is 15.3 Å². The van der Waals surface area contributed by atoms with Gasteiger partial charge in [-0.2, -0.15) is 0 Å². The normalized spacial score (nSPS) is 21.4. The van der Waals surface area contributed by atoms with E-state index in [-0.39, 0.29) is 11.6 Å². The summed E-state index contributed by atoms with van der Waals surface area (Å²) in [6, 6.07) is 0.248. The van der Waals surface area contributed by atoms with Gasteiger partial charge in [0.25, 0.3) is 0 Å². The molecule has 0 spiro atoms. The van der Waals surface area contributed by atoms with Gasteiger partial charge in [-0.25, -0.2) is 0 Å². The standard InChI is InChI=1S/C13H28N2O2/c1-3-17-13(9-5-4-6-10-13)12(15-14)8-7-11-16-2/h12,15H,3-11,14H2,1-2H3. The Morgan fingerprint density at radius 3 is 2.53 bits per heavy atom. The van der Waals surface area contributed by atoms with Crippen molar-refractivity contribution in [3.8, 4) is 0 Å². The molecule has 1 rings (SSSR count). The highest BCUT2D eigenvalue weighted by molar-refractivity contribution is 4.94. The van der Waals surface area contributed by atoms with Gasteiger partial charge < -0.3 is 9.47 Å². The fourth-order valence-electron chi connectivity index (χ4n) is 2.96. The smallest absolute Gasteiger partial charge is 0.0848 e. The third-order valence-corrected chi connectivity index (χ3v) is 3.81. The maximum absolute atomic E-state index is 6.07. The second kappa shape index (κ2) is 8.03. The molecule has 4 nitrogen and oxygen atoms in total. The molecule has 102 valence electrons. The number of ether oxygens (including phenoxy) is 2. The first-order valence-corrected chi connectivity index (χ1v) is 6.88. The van der Waals surface area contributed by atoms with Crippen LogP contribution in [0.5, 0.6) is 0 Å². The van der Waals surface area contributed by atoms with E-state index < -0.39 is 0 Å². The van der Waals surface area contributed by atoms with Gasteiger partial charge in [-0.3, -0.25) is 11.3 Å². The van der Waals surface area contributed by atoms with Gasteiger partial charge in [0.05, 0.1) is 11.6 Å². The Labute approximate surface area is 105 Å². The van der Waals surface area contributed by atoms with Crippen molar-refractivity contribution >= 4 is 0 Å². The summed E-state index contributed by atoms with van der Waals surface area (Å²) in [5.41, 5.74) is 2.93. The van der Waals surface area contributed by atoms with Crippen LogP contribution in [0, 0.1) is 0 Å². The van der Waals surface area contributed by atoms with Crippen LogP contribution in [-0.2, 0) is 9.47 Å². The Morgan fingerprint density at radius 1 is 1.29 bits per heavy atom. The van der Waals surface area contributed by atoms with Gasteiger partial charge in [-0.15, -0.1) is 0 Å². The minimum atomic E-state index is -0.0461. The molecule has 0 amide bonds. The number of nitrogens with two attached hydrogens (primary N) is 1. The van der Waals surface area contributed by atoms with E-state index in [2.05, 4.69) is 12.3 Å². The Bertz CT molecular complexity index is 188. The average Bonchev–Trinajstić information content (AvgIpc) is 2.36. The van der Waals surface area contributed by atoms with Crippen molar-refractivity contribution in [2.75, 3.05) is 20.3 Å². The molecule has 0 aromatic heterocycles. The summed E-state index contributed by atoms with van der Waals surface area (Å²) in [4.78, 5) is 0. The molecule has 1 aliphatic rings. The summed E-state index contributed by atoms with van der Waals surface area (Å²) < 4.78 is 11.2. The van der Waals surface area contributed by atoms with Crippen molar-refractivity contribution in [2.24, 2.45) is 5.84 Å². The summed E-state index contributed by atoms with van der Waals surface area (Å²) in [5.74, 6) is 5.73. The van der Waals surface area contributed by atoms with Crippen molar-refractivity contribution in [1.29, 1.82) is 0 Å². The molecular weight excluding hydrogens is 216 g/mol. The number of methoxy groups -OCH3 is 1. The number of hydrazine groups is 1. The topological polar surface area (TPSA) is 56.5 Å². The highest BCUT2D eigenvalue weighted by atomic mass is 16.5. The van der Waals surface area contributed by atoms with E-state index in [9.17, 15) is 0 Å². The molecule has 17 heavy (non-hydrogen) atoms. The molecule has 0 heterocycles. The summed E-state index contributed by atoms with van der Waals surface area (Å²) in [5, 5.41) is 0. The minimum Gasteiger partial charge on any atom is -0.385 e. The van der Waals surface area contributed by atoms with Crippen LogP contribution in [0.15, 0.2) is 0 Å². The third-order valence-electron chi connectivity index (χ3n) is 3.81. The second-order valence-electron chi connectivity index (χ2n) is 4.91. The lowest BCUT2D eigenvalue weighted by Gasteiger charge is -2.43. The number of rotatable bonds is 8. The van der Waals surface area contributed by atoms with Gasteiger partial charge in [-0.05, 0) is 32.6 Å². The predicted molar refractivity (Wildman–Crippen MR) is 69.7 cm³/mol. The van der Waals surface area contributed by atoms with Gasteiger partial charge in [-0.1, -0.05) is 19.3 Å². The van der Waals surface area contributed by atoms with Gasteiger partial charge in [0.1, 0.15) is 0 Å². The molecule has 4 heteroatoms. The lowest BCUT2D eigenvalue weighted by molar-refractivity contribution is -0.0925. The zero-order chi connectivity index (χ0) is 12.6. The zero-order valence-corrected chi connectivity index (χ0v) is 11.3. The molecule has 1 aliphatic carbocycles. The van der Waals surface area contributed by atoms with Crippen LogP contribution < -0.4 is 11.3 Å². The molecular formula is C13H28N2O2. The fraction of sp³-hybridized carbons (Fsp3) is 1.00. The largest absolute Gasteiger partial charge is 0.385 e. The molecule has 0 saturated heterocycles. The molecule has 0 bridgehead atoms. The molecule has 0 radical (unpaired) electrons. The average molecular weight is 244 g/mol. The Morgan fingerprint density at radius 2 is 2.00 bits per heavy atom. The van der Waals surface area contributed by atoms with E-state index in [0.717, 1.165) is 38.9 Å². The SMILES string of the molecule is CCOC1(C(CCCOC)NN)CCCCC1. The lowest BCUT2D eigenvalue weighted by Crippen LogP contribution is -2.56. The van der Waals surface area contributed by atoms with Crippen LogP contribution in [0.4, 0.5) is 0 Å². The maximum Gasteiger partial charge on any atom is 0.0848 e. The van der Waals surface area contributed by atoms with Crippen LogP contribution >= 0.6 is 0 Å². The molecule has 0 aliphatic heterocycles. The van der Waals surface area contributed by atoms with Gasteiger partial charge >= 0.3 is 0 Å². The van der Waals surface area contributed by atoms with E-state index in [1.165, 1.54) is 19.3 Å². The number of hydrogen-bond acceptors (Lipinski definition) is 4. The molecule has 0 aromatic rings. The summed E-state index contributed by atoms with van der Waals surface area (Å²) in [6.45, 7) is 3.63. The Kier molecular flexibility index (Phi) is 7.04. The second-order valence-corrected chi connectivity index (χ2v) is 4.91. The first-order valence-electron chi connectivity index (χ1n) is 6.88. The van der Waals surface area contributed by atoms with Gasteiger partial charge in [0.15, 0.2) is 0 Å². The number of nitrogens with one attached hydrogen (secondary N) is 1. The quantitative estimate of drug-likeness (QED) is 0.389. The third kappa shape index (κ3) is 4.21. The van der Waals surface area contributed by atoms with Crippen molar-refractivity contribution < 1.29 is 9.47 Å². The van der Waals surface area contributed by atoms with Crippen LogP contribution in [0.25, 0.3) is 0 Å². The van der Waals surface area contributed by atoms with Crippen molar-refractivity contribution in [3.63, 3.8) is 0 Å². The van der Waals surface area contributed by atoms with E-state index in [1.807, 2.05) is 0 Å². The van der Waals surface area contributed by atoms with Crippen LogP contribution in [-0.4, -0.2) is 32.0 Å². The van der Waals surface area contributed by atoms with Crippen molar-refractivity contribution in [3.05, 3.63) is 0 Å². The molecule has 1 atom stereocenters. The first kappa shape index (κ1) is 14.9. The minimum absolute atomic E-state index is 0.0461. The highest BCUT2D eigenvalue weighted by Crippen LogP contribution is 2.35. The maximum atomic E-state index is 6.07. The van der Waals surface area contributed by atoms with Crippen molar-refractivity contribution in [1.82, 2.24) is 5.43 Å². The fourth-order valence-corrected chi connectivity index (χ4v) is 2.96. The van der Waals surface area contributed by atoms with Gasteiger partial charge in [0, 0.05) is 20.3 Å². The lowest BCUT2D eigenvalue weighted by atomic mass is 9.78. The molecule has 0 aromatic carbocycles. The summed E-state index contributed by atoms with van der Waals surface area (Å²) >= 11 is 0. The van der Waals surface area contributed by atoms with Gasteiger partial charge in [0.2, 0.25) is 0 Å². The Hall–Kier alpha value is -0.160. The van der Waals surface area contributed by atoms with Crippen LogP contribution in [0.2, 0.25) is 0 Å². The molecule has 1 saturated carbocycles. The van der Waals surface area contributed by atoms with Crippen LogP contribution in [0.1, 0.15) is 51.9 Å². The van der Waals surface area contributed by atoms with Crippen LogP contribution in [0.3, 0.4) is 0 Å². The molecule has 1 unspecified atom stereocenters. The highest BCUT2D eigenvalue weighted by Gasteiger charge is 2.39. The zero-order valence-electron chi connectivity index (χ0n) is 11.3. The monoisotopic (exact) mass is 244 g/mol. The number of hydrogen-bond donors (Lipinski definition) is 2.